The minimum Gasteiger partial charge on any atom is -0.463 e. The SMILES string of the molecule is C=C(C)C(=O)OCCCCCCCCCCCCCCCCCC.C=CC(=O)OCCCCCCCCCCCCC. The fourth-order valence-corrected chi connectivity index (χ4v) is 4.94. The Balaban J connectivity index is 0. The van der Waals surface area contributed by atoms with Gasteiger partial charge in [-0.1, -0.05) is 188 Å². The Bertz CT molecular complexity index is 598. The van der Waals surface area contributed by atoms with Crippen LogP contribution in [0.5, 0.6) is 0 Å². The van der Waals surface area contributed by atoms with Crippen LogP contribution >= 0.6 is 0 Å². The van der Waals surface area contributed by atoms with Crippen molar-refractivity contribution < 1.29 is 19.1 Å². The predicted molar refractivity (Wildman–Crippen MR) is 183 cm³/mol. The van der Waals surface area contributed by atoms with Gasteiger partial charge in [0, 0.05) is 11.6 Å². The number of hydrogen-bond donors (Lipinski definition) is 0. The van der Waals surface area contributed by atoms with Crippen molar-refractivity contribution in [2.45, 2.75) is 194 Å². The highest BCUT2D eigenvalue weighted by Gasteiger charge is 2.02. The molecule has 0 aliphatic carbocycles. The average Bonchev–Trinajstić information content (AvgIpc) is 2.99. The van der Waals surface area contributed by atoms with Crippen molar-refractivity contribution in [1.29, 1.82) is 0 Å². The summed E-state index contributed by atoms with van der Waals surface area (Å²) in [6, 6.07) is 0. The van der Waals surface area contributed by atoms with E-state index in [9.17, 15) is 9.59 Å². The van der Waals surface area contributed by atoms with Crippen LogP contribution in [-0.4, -0.2) is 25.2 Å². The summed E-state index contributed by atoms with van der Waals surface area (Å²) < 4.78 is 10.0. The van der Waals surface area contributed by atoms with E-state index in [-0.39, 0.29) is 11.9 Å². The number of carbonyl (C=O) groups excluding carboxylic acids is 2. The van der Waals surface area contributed by atoms with Crippen LogP contribution in [0.3, 0.4) is 0 Å². The largest absolute Gasteiger partial charge is 0.463 e. The Labute approximate surface area is 262 Å². The molecular formula is C38H72O4. The number of unbranched alkanes of at least 4 members (excludes halogenated alkanes) is 25. The summed E-state index contributed by atoms with van der Waals surface area (Å²) in [6.45, 7) is 14.3. The molecule has 0 unspecified atom stereocenters. The average molecular weight is 593 g/mol. The van der Waals surface area contributed by atoms with Crippen LogP contribution in [0, 0.1) is 0 Å². The lowest BCUT2D eigenvalue weighted by Crippen LogP contribution is -2.05. The molecule has 0 fully saturated rings. The molecule has 0 aromatic heterocycles. The predicted octanol–water partition coefficient (Wildman–Crippen LogP) is 12.4. The lowest BCUT2D eigenvalue weighted by Gasteiger charge is -2.05. The van der Waals surface area contributed by atoms with E-state index in [2.05, 4.69) is 27.0 Å². The van der Waals surface area contributed by atoms with Gasteiger partial charge in [0.1, 0.15) is 0 Å². The zero-order valence-corrected chi connectivity index (χ0v) is 28.6. The summed E-state index contributed by atoms with van der Waals surface area (Å²) >= 11 is 0. The van der Waals surface area contributed by atoms with Crippen molar-refractivity contribution in [3.8, 4) is 0 Å². The Hall–Kier alpha value is -1.58. The lowest BCUT2D eigenvalue weighted by atomic mass is 10.0. The molecule has 0 aromatic rings. The fraction of sp³-hybridized carbons (Fsp3) is 0.842. The van der Waals surface area contributed by atoms with E-state index in [1.54, 1.807) is 6.92 Å². The molecule has 0 amide bonds. The van der Waals surface area contributed by atoms with Crippen molar-refractivity contribution >= 4 is 11.9 Å². The van der Waals surface area contributed by atoms with E-state index in [0.29, 0.717) is 18.8 Å². The third-order valence-corrected chi connectivity index (χ3v) is 7.74. The standard InChI is InChI=1S/C22H42O2.C16H30O2/c1-4-5-6-7-8-9-10-11-12-13-14-15-16-17-18-19-20-24-22(23)21(2)3;1-3-5-6-7-8-9-10-11-12-13-14-15-18-16(17)4-2/h2,4-20H2,1,3H3;4H,2-3,5-15H2,1H3. The molecule has 0 spiro atoms. The van der Waals surface area contributed by atoms with Crippen molar-refractivity contribution in [2.24, 2.45) is 0 Å². The zero-order valence-electron chi connectivity index (χ0n) is 28.6. The third-order valence-electron chi connectivity index (χ3n) is 7.74. The second-order valence-electron chi connectivity index (χ2n) is 12.1. The Kier molecular flexibility index (Phi) is 37.9. The number of carbonyl (C=O) groups is 2. The van der Waals surface area contributed by atoms with Gasteiger partial charge < -0.3 is 9.47 Å². The Morgan fingerprint density at radius 1 is 0.476 bits per heavy atom. The van der Waals surface area contributed by atoms with Gasteiger partial charge in [0.05, 0.1) is 13.2 Å². The highest BCUT2D eigenvalue weighted by atomic mass is 16.5. The molecule has 0 aromatic carbocycles. The number of esters is 2. The molecule has 0 radical (unpaired) electrons. The van der Waals surface area contributed by atoms with E-state index in [1.165, 1.54) is 167 Å². The Morgan fingerprint density at radius 3 is 1.00 bits per heavy atom. The Morgan fingerprint density at radius 2 is 0.738 bits per heavy atom. The molecule has 42 heavy (non-hydrogen) atoms. The zero-order chi connectivity index (χ0) is 31.4. The van der Waals surface area contributed by atoms with Crippen molar-refractivity contribution in [3.63, 3.8) is 0 Å². The van der Waals surface area contributed by atoms with Crippen LogP contribution in [-0.2, 0) is 19.1 Å². The van der Waals surface area contributed by atoms with Crippen molar-refractivity contribution in [2.75, 3.05) is 13.2 Å². The first kappa shape index (κ1) is 42.6. The number of rotatable bonds is 31. The normalized spacial score (nSPS) is 10.5. The minimum atomic E-state index is -0.304. The third kappa shape index (κ3) is 38.4. The van der Waals surface area contributed by atoms with Crippen LogP contribution in [0.1, 0.15) is 194 Å². The molecule has 0 aliphatic rings. The van der Waals surface area contributed by atoms with Gasteiger partial charge in [0.15, 0.2) is 0 Å². The molecule has 4 nitrogen and oxygen atoms in total. The molecule has 4 heteroatoms. The van der Waals surface area contributed by atoms with Crippen molar-refractivity contribution in [3.05, 3.63) is 24.8 Å². The molecule has 0 saturated heterocycles. The molecule has 0 heterocycles. The van der Waals surface area contributed by atoms with Gasteiger partial charge in [-0.15, -0.1) is 0 Å². The fourth-order valence-electron chi connectivity index (χ4n) is 4.94. The number of hydrogen-bond acceptors (Lipinski definition) is 4. The van der Waals surface area contributed by atoms with Crippen LogP contribution in [0.25, 0.3) is 0 Å². The molecular weight excluding hydrogens is 520 g/mol. The molecule has 248 valence electrons. The molecule has 0 saturated carbocycles. The first-order chi connectivity index (χ1) is 20.5. The summed E-state index contributed by atoms with van der Waals surface area (Å²) in [5.74, 6) is -0.557. The van der Waals surface area contributed by atoms with Gasteiger partial charge in [-0.2, -0.15) is 0 Å². The van der Waals surface area contributed by atoms with Gasteiger partial charge >= 0.3 is 11.9 Å². The van der Waals surface area contributed by atoms with E-state index in [1.807, 2.05) is 0 Å². The monoisotopic (exact) mass is 593 g/mol. The lowest BCUT2D eigenvalue weighted by molar-refractivity contribution is -0.139. The van der Waals surface area contributed by atoms with E-state index in [4.69, 9.17) is 9.47 Å². The first-order valence-electron chi connectivity index (χ1n) is 18.1. The molecule has 0 aliphatic heterocycles. The van der Waals surface area contributed by atoms with Gasteiger partial charge in [0.2, 0.25) is 0 Å². The first-order valence-corrected chi connectivity index (χ1v) is 18.1. The maximum atomic E-state index is 11.2. The van der Waals surface area contributed by atoms with E-state index >= 15 is 0 Å². The highest BCUT2D eigenvalue weighted by Crippen LogP contribution is 2.14. The quantitative estimate of drug-likeness (QED) is 0.0456. The van der Waals surface area contributed by atoms with Crippen LogP contribution in [0.15, 0.2) is 24.8 Å². The molecule has 0 rings (SSSR count). The van der Waals surface area contributed by atoms with Crippen LogP contribution < -0.4 is 0 Å². The molecule has 0 N–H and O–H groups in total. The summed E-state index contributed by atoms with van der Waals surface area (Å²) in [5.41, 5.74) is 0.492. The summed E-state index contributed by atoms with van der Waals surface area (Å²) in [7, 11) is 0. The van der Waals surface area contributed by atoms with Crippen LogP contribution in [0.2, 0.25) is 0 Å². The second-order valence-corrected chi connectivity index (χ2v) is 12.1. The molecule has 0 atom stereocenters. The maximum absolute atomic E-state index is 11.2. The van der Waals surface area contributed by atoms with Crippen molar-refractivity contribution in [1.82, 2.24) is 0 Å². The topological polar surface area (TPSA) is 52.6 Å². The molecule has 0 bridgehead atoms. The van der Waals surface area contributed by atoms with E-state index in [0.717, 1.165) is 12.8 Å². The van der Waals surface area contributed by atoms with Gasteiger partial charge in [0.25, 0.3) is 0 Å². The summed E-state index contributed by atoms with van der Waals surface area (Å²) in [5, 5.41) is 0. The number of ether oxygens (including phenoxy) is 2. The highest BCUT2D eigenvalue weighted by molar-refractivity contribution is 5.86. The van der Waals surface area contributed by atoms with E-state index < -0.39 is 0 Å². The van der Waals surface area contributed by atoms with Gasteiger partial charge in [-0.3, -0.25) is 0 Å². The summed E-state index contributed by atoms with van der Waals surface area (Å²) in [6.07, 6.45) is 37.4. The maximum Gasteiger partial charge on any atom is 0.333 e. The second kappa shape index (κ2) is 37.4. The van der Waals surface area contributed by atoms with Gasteiger partial charge in [-0.25, -0.2) is 9.59 Å². The smallest absolute Gasteiger partial charge is 0.333 e. The summed E-state index contributed by atoms with van der Waals surface area (Å²) in [4.78, 5) is 21.9. The minimum absolute atomic E-state index is 0.254. The van der Waals surface area contributed by atoms with Gasteiger partial charge in [-0.05, 0) is 19.8 Å². The van der Waals surface area contributed by atoms with Crippen LogP contribution in [0.4, 0.5) is 0 Å².